The van der Waals surface area contributed by atoms with Gasteiger partial charge in [-0.3, -0.25) is 4.79 Å². The van der Waals surface area contributed by atoms with Crippen molar-refractivity contribution in [2.45, 2.75) is 76.9 Å². The molecule has 2 aliphatic heterocycles. The SMILES string of the molecule is CCc1ccc(Cl)c(CC)c1NC(=O)CCCN1CCC2(CC1)CC(O)CCO2. The number of hydrogen-bond donors (Lipinski definition) is 2. The molecule has 0 saturated carbocycles. The Hall–Kier alpha value is -1.14. The molecular weight excluding hydrogens is 388 g/mol. The molecule has 29 heavy (non-hydrogen) atoms. The molecule has 0 aromatic heterocycles. The normalized spacial score (nSPS) is 22.0. The van der Waals surface area contributed by atoms with Crippen LogP contribution in [-0.4, -0.2) is 53.9 Å². The van der Waals surface area contributed by atoms with E-state index in [9.17, 15) is 9.90 Å². The molecule has 1 amide bonds. The van der Waals surface area contributed by atoms with Crippen molar-refractivity contribution in [3.63, 3.8) is 0 Å². The second kappa shape index (κ2) is 10.3. The van der Waals surface area contributed by atoms with Crippen LogP contribution >= 0.6 is 11.6 Å². The third-order valence-corrected chi connectivity index (χ3v) is 6.81. The topological polar surface area (TPSA) is 61.8 Å². The molecule has 3 rings (SSSR count). The molecule has 1 unspecified atom stereocenters. The zero-order valence-electron chi connectivity index (χ0n) is 17.8. The Morgan fingerprint density at radius 1 is 1.31 bits per heavy atom. The van der Waals surface area contributed by atoms with Gasteiger partial charge in [0.05, 0.1) is 11.7 Å². The fourth-order valence-corrected chi connectivity index (χ4v) is 4.96. The summed E-state index contributed by atoms with van der Waals surface area (Å²) < 4.78 is 6.03. The van der Waals surface area contributed by atoms with Gasteiger partial charge in [-0.1, -0.05) is 31.5 Å². The fraction of sp³-hybridized carbons (Fsp3) is 0.696. The van der Waals surface area contributed by atoms with E-state index in [-0.39, 0.29) is 17.6 Å². The summed E-state index contributed by atoms with van der Waals surface area (Å²) in [6.07, 6.45) is 6.26. The van der Waals surface area contributed by atoms with Crippen LogP contribution < -0.4 is 5.32 Å². The van der Waals surface area contributed by atoms with Gasteiger partial charge in [-0.2, -0.15) is 0 Å². The van der Waals surface area contributed by atoms with Crippen molar-refractivity contribution in [3.8, 4) is 0 Å². The molecule has 2 aliphatic rings. The number of ether oxygens (including phenoxy) is 1. The molecule has 1 atom stereocenters. The molecule has 1 aromatic rings. The maximum atomic E-state index is 12.6. The van der Waals surface area contributed by atoms with Gasteiger partial charge in [0.15, 0.2) is 0 Å². The highest BCUT2D eigenvalue weighted by Gasteiger charge is 2.39. The minimum absolute atomic E-state index is 0.0592. The molecule has 162 valence electrons. The Bertz CT molecular complexity index is 702. The summed E-state index contributed by atoms with van der Waals surface area (Å²) in [6.45, 7) is 7.70. The summed E-state index contributed by atoms with van der Waals surface area (Å²) in [6, 6.07) is 3.93. The number of nitrogens with one attached hydrogen (secondary N) is 1. The van der Waals surface area contributed by atoms with Crippen molar-refractivity contribution in [1.29, 1.82) is 0 Å². The van der Waals surface area contributed by atoms with Crippen LogP contribution in [0.25, 0.3) is 0 Å². The molecule has 1 aromatic carbocycles. The molecule has 0 radical (unpaired) electrons. The third-order valence-electron chi connectivity index (χ3n) is 6.45. The predicted octanol–water partition coefficient (Wildman–Crippen LogP) is 4.19. The number of aliphatic hydroxyl groups is 1. The number of halogens is 1. The zero-order chi connectivity index (χ0) is 20.9. The molecule has 2 fully saturated rings. The summed E-state index contributed by atoms with van der Waals surface area (Å²) in [7, 11) is 0. The molecule has 0 aliphatic carbocycles. The second-order valence-corrected chi connectivity index (χ2v) is 8.85. The van der Waals surface area contributed by atoms with E-state index in [0.717, 1.165) is 86.4 Å². The average Bonchev–Trinajstić information content (AvgIpc) is 2.70. The quantitative estimate of drug-likeness (QED) is 0.691. The lowest BCUT2D eigenvalue weighted by atomic mass is 9.83. The van der Waals surface area contributed by atoms with Crippen molar-refractivity contribution in [2.24, 2.45) is 0 Å². The number of benzene rings is 1. The Balaban J connectivity index is 1.45. The van der Waals surface area contributed by atoms with Gasteiger partial charge in [0.1, 0.15) is 0 Å². The number of aliphatic hydroxyl groups excluding tert-OH is 1. The first-order valence-corrected chi connectivity index (χ1v) is 11.5. The maximum absolute atomic E-state index is 12.6. The van der Waals surface area contributed by atoms with E-state index >= 15 is 0 Å². The monoisotopic (exact) mass is 422 g/mol. The lowest BCUT2D eigenvalue weighted by Crippen LogP contribution is -2.50. The van der Waals surface area contributed by atoms with Crippen LogP contribution in [0.1, 0.15) is 63.5 Å². The molecule has 2 N–H and O–H groups in total. The number of amides is 1. The summed E-state index contributed by atoms with van der Waals surface area (Å²) in [5.74, 6) is 0.0592. The molecular formula is C23H35ClN2O3. The van der Waals surface area contributed by atoms with E-state index in [2.05, 4.69) is 24.1 Å². The molecule has 0 bridgehead atoms. The standard InChI is InChI=1S/C23H35ClN2O3/c1-3-17-7-8-20(24)19(4-2)22(17)25-21(28)6-5-12-26-13-10-23(11-14-26)16-18(27)9-15-29-23/h7-8,18,27H,3-6,9-16H2,1-2H3,(H,25,28). The molecule has 1 spiro atoms. The van der Waals surface area contributed by atoms with Crippen molar-refractivity contribution < 1.29 is 14.6 Å². The van der Waals surface area contributed by atoms with E-state index in [1.165, 1.54) is 0 Å². The Kier molecular flexibility index (Phi) is 7.97. The van der Waals surface area contributed by atoms with Gasteiger partial charge >= 0.3 is 0 Å². The van der Waals surface area contributed by atoms with Gasteiger partial charge < -0.3 is 20.1 Å². The van der Waals surface area contributed by atoms with Gasteiger partial charge in [-0.05, 0) is 62.3 Å². The van der Waals surface area contributed by atoms with Gasteiger partial charge in [0.25, 0.3) is 0 Å². The molecule has 5 nitrogen and oxygen atoms in total. The minimum Gasteiger partial charge on any atom is -0.393 e. The van der Waals surface area contributed by atoms with E-state index in [4.69, 9.17) is 16.3 Å². The Morgan fingerprint density at radius 3 is 2.72 bits per heavy atom. The number of anilines is 1. The number of rotatable bonds is 7. The van der Waals surface area contributed by atoms with Gasteiger partial charge in [-0.15, -0.1) is 0 Å². The van der Waals surface area contributed by atoms with Crippen LogP contribution in [0.3, 0.4) is 0 Å². The highest BCUT2D eigenvalue weighted by Crippen LogP contribution is 2.35. The van der Waals surface area contributed by atoms with Gasteiger partial charge in [0, 0.05) is 43.2 Å². The first-order valence-electron chi connectivity index (χ1n) is 11.1. The lowest BCUT2D eigenvalue weighted by molar-refractivity contribution is -0.143. The Labute approximate surface area is 179 Å². The van der Waals surface area contributed by atoms with Gasteiger partial charge in [0.2, 0.25) is 5.91 Å². The number of aryl methyl sites for hydroxylation is 1. The summed E-state index contributed by atoms with van der Waals surface area (Å²) in [5, 5.41) is 13.8. The van der Waals surface area contributed by atoms with E-state index in [1.54, 1.807) is 0 Å². The van der Waals surface area contributed by atoms with Crippen LogP contribution in [0.4, 0.5) is 5.69 Å². The van der Waals surface area contributed by atoms with Crippen molar-refractivity contribution in [3.05, 3.63) is 28.3 Å². The van der Waals surface area contributed by atoms with E-state index in [0.29, 0.717) is 13.0 Å². The number of likely N-dealkylation sites (tertiary alicyclic amines) is 1. The molecule has 2 saturated heterocycles. The van der Waals surface area contributed by atoms with E-state index in [1.807, 2.05) is 12.1 Å². The summed E-state index contributed by atoms with van der Waals surface area (Å²) >= 11 is 6.33. The summed E-state index contributed by atoms with van der Waals surface area (Å²) in [5.41, 5.74) is 2.94. The minimum atomic E-state index is -0.216. The number of carbonyl (C=O) groups is 1. The van der Waals surface area contributed by atoms with Crippen LogP contribution in [0.15, 0.2) is 12.1 Å². The highest BCUT2D eigenvalue weighted by molar-refractivity contribution is 6.32. The summed E-state index contributed by atoms with van der Waals surface area (Å²) in [4.78, 5) is 15.0. The largest absolute Gasteiger partial charge is 0.393 e. The highest BCUT2D eigenvalue weighted by atomic mass is 35.5. The number of hydrogen-bond acceptors (Lipinski definition) is 4. The van der Waals surface area contributed by atoms with Gasteiger partial charge in [-0.25, -0.2) is 0 Å². The van der Waals surface area contributed by atoms with Crippen molar-refractivity contribution in [2.75, 3.05) is 31.6 Å². The van der Waals surface area contributed by atoms with Crippen LogP contribution in [0.2, 0.25) is 5.02 Å². The first kappa shape index (κ1) is 22.5. The number of nitrogens with zero attached hydrogens (tertiary/aromatic N) is 1. The maximum Gasteiger partial charge on any atom is 0.224 e. The molecule has 6 heteroatoms. The number of carbonyl (C=O) groups excluding carboxylic acids is 1. The first-order chi connectivity index (χ1) is 14.0. The van der Waals surface area contributed by atoms with Crippen LogP contribution in [-0.2, 0) is 22.4 Å². The Morgan fingerprint density at radius 2 is 2.07 bits per heavy atom. The fourth-order valence-electron chi connectivity index (χ4n) is 4.67. The average molecular weight is 423 g/mol. The second-order valence-electron chi connectivity index (χ2n) is 8.44. The van der Waals surface area contributed by atoms with E-state index < -0.39 is 0 Å². The predicted molar refractivity (Wildman–Crippen MR) is 118 cm³/mol. The zero-order valence-corrected chi connectivity index (χ0v) is 18.6. The number of piperidine rings is 1. The smallest absolute Gasteiger partial charge is 0.224 e. The molecule has 2 heterocycles. The van der Waals surface area contributed by atoms with Crippen LogP contribution in [0, 0.1) is 0 Å². The lowest BCUT2D eigenvalue weighted by Gasteiger charge is -2.45. The van der Waals surface area contributed by atoms with Crippen molar-refractivity contribution >= 4 is 23.2 Å². The van der Waals surface area contributed by atoms with Crippen molar-refractivity contribution in [1.82, 2.24) is 4.90 Å². The van der Waals surface area contributed by atoms with Crippen LogP contribution in [0.5, 0.6) is 0 Å². The third kappa shape index (κ3) is 5.72.